The zero-order chi connectivity index (χ0) is 23.4. The molecule has 4 rings (SSSR count). The molecule has 1 N–H and O–H groups in total. The van der Waals surface area contributed by atoms with Crippen LogP contribution in [-0.2, 0) is 12.8 Å². The van der Waals surface area contributed by atoms with Crippen molar-refractivity contribution in [2.75, 3.05) is 31.6 Å². The van der Waals surface area contributed by atoms with Gasteiger partial charge in [-0.3, -0.25) is 0 Å². The molecule has 6 heteroatoms. The molecule has 1 aliphatic heterocycles. The number of nitrogens with zero attached hydrogens (tertiary/aromatic N) is 2. The van der Waals surface area contributed by atoms with Gasteiger partial charge in [0.15, 0.2) is 0 Å². The minimum absolute atomic E-state index is 0.438. The van der Waals surface area contributed by atoms with E-state index in [1.807, 2.05) is 7.05 Å². The molecule has 33 heavy (non-hydrogen) atoms. The average Bonchev–Trinajstić information content (AvgIpc) is 3.28. The summed E-state index contributed by atoms with van der Waals surface area (Å²) in [5, 5.41) is 4.32. The number of hydrogen-bond acceptors (Lipinski definition) is 3. The standard InChI is InChI=1S/C27H32B3N3/c1-3-18-10-12-33(17-18)26-16-24(20-8-6-19(7-9-20)5-4-11-31-2)32-25-13-21(14-27(29)30)23(28)15-22(25)26/h6-9,13,15-16,18,27,31H,3-5,10-12,14,17H2,1-2H3. The molecule has 0 amide bonds. The fraction of sp³-hybridized carbons (Fsp3) is 0.444. The largest absolute Gasteiger partial charge is 0.371 e. The van der Waals surface area contributed by atoms with Crippen LogP contribution in [0.2, 0.25) is 5.72 Å². The Balaban J connectivity index is 1.75. The van der Waals surface area contributed by atoms with Crippen LogP contribution in [-0.4, -0.2) is 55.2 Å². The van der Waals surface area contributed by atoms with E-state index in [1.54, 1.807) is 0 Å². The van der Waals surface area contributed by atoms with Gasteiger partial charge in [-0.25, -0.2) is 4.98 Å². The summed E-state index contributed by atoms with van der Waals surface area (Å²) in [6.07, 6.45) is 5.18. The molecule has 1 atom stereocenters. The predicted octanol–water partition coefficient (Wildman–Crippen LogP) is 3.71. The Labute approximate surface area is 203 Å². The molecule has 1 saturated heterocycles. The summed E-state index contributed by atoms with van der Waals surface area (Å²) in [7, 11) is 20.1. The van der Waals surface area contributed by atoms with E-state index < -0.39 is 5.72 Å². The van der Waals surface area contributed by atoms with Crippen LogP contribution in [0.5, 0.6) is 0 Å². The van der Waals surface area contributed by atoms with E-state index in [2.05, 4.69) is 59.6 Å². The SMILES string of the molecule is [B]c1cc2c(N3CCC(CC)C3)cc(-c3ccc(CCCNC)cc3)nc2cc1CC([B])[B]. The second kappa shape index (κ2) is 10.8. The van der Waals surface area contributed by atoms with Crippen LogP contribution in [0.15, 0.2) is 42.5 Å². The number of nitrogens with one attached hydrogen (secondary N) is 1. The Morgan fingerprint density at radius 3 is 2.61 bits per heavy atom. The highest BCUT2D eigenvalue weighted by molar-refractivity contribution is 6.37. The van der Waals surface area contributed by atoms with Crippen molar-refractivity contribution in [3.8, 4) is 11.3 Å². The van der Waals surface area contributed by atoms with Gasteiger partial charge in [-0.15, -0.1) is 5.72 Å². The van der Waals surface area contributed by atoms with Crippen molar-refractivity contribution in [3.05, 3.63) is 53.6 Å². The van der Waals surface area contributed by atoms with E-state index in [9.17, 15) is 0 Å². The monoisotopic (exact) mass is 431 g/mol. The lowest BCUT2D eigenvalue weighted by atomic mass is 9.66. The average molecular weight is 431 g/mol. The number of pyridine rings is 1. The Hall–Kier alpha value is -2.20. The third-order valence-electron chi connectivity index (χ3n) is 6.85. The lowest BCUT2D eigenvalue weighted by Gasteiger charge is -2.23. The number of rotatable bonds is 9. The van der Waals surface area contributed by atoms with Gasteiger partial charge in [0.05, 0.1) is 26.9 Å². The van der Waals surface area contributed by atoms with Crippen LogP contribution >= 0.6 is 0 Å². The van der Waals surface area contributed by atoms with E-state index in [4.69, 9.17) is 28.5 Å². The van der Waals surface area contributed by atoms with Gasteiger partial charge in [0.2, 0.25) is 0 Å². The van der Waals surface area contributed by atoms with Crippen LogP contribution in [0, 0.1) is 5.92 Å². The van der Waals surface area contributed by atoms with Crippen molar-refractivity contribution < 1.29 is 0 Å². The van der Waals surface area contributed by atoms with Crippen molar-refractivity contribution in [3.63, 3.8) is 0 Å². The van der Waals surface area contributed by atoms with Gasteiger partial charge in [0.1, 0.15) is 7.85 Å². The second-order valence-electron chi connectivity index (χ2n) is 9.38. The van der Waals surface area contributed by atoms with Crippen molar-refractivity contribution >= 4 is 45.6 Å². The van der Waals surface area contributed by atoms with Crippen molar-refractivity contribution in [1.29, 1.82) is 0 Å². The Bertz CT molecular complexity index is 1080. The van der Waals surface area contributed by atoms with Crippen molar-refractivity contribution in [2.45, 2.75) is 44.7 Å². The summed E-state index contributed by atoms with van der Waals surface area (Å²) < 4.78 is 0. The Morgan fingerprint density at radius 1 is 1.15 bits per heavy atom. The van der Waals surface area contributed by atoms with Gasteiger partial charge in [0.25, 0.3) is 0 Å². The first-order chi connectivity index (χ1) is 16.0. The Kier molecular flexibility index (Phi) is 7.85. The first-order valence-corrected chi connectivity index (χ1v) is 12.2. The van der Waals surface area contributed by atoms with Gasteiger partial charge < -0.3 is 10.2 Å². The lowest BCUT2D eigenvalue weighted by molar-refractivity contribution is 0.569. The molecular formula is C27H32B3N3. The highest BCUT2D eigenvalue weighted by Crippen LogP contribution is 2.35. The maximum absolute atomic E-state index is 6.41. The molecule has 0 saturated carbocycles. The van der Waals surface area contributed by atoms with Crippen LogP contribution in [0.4, 0.5) is 5.69 Å². The molecule has 164 valence electrons. The molecule has 3 aromatic rings. The third-order valence-corrected chi connectivity index (χ3v) is 6.85. The van der Waals surface area contributed by atoms with Crippen LogP contribution in [0.1, 0.15) is 37.3 Å². The van der Waals surface area contributed by atoms with Gasteiger partial charge in [0, 0.05) is 29.7 Å². The molecule has 1 aliphatic rings. The molecule has 0 bridgehead atoms. The summed E-state index contributed by atoms with van der Waals surface area (Å²) >= 11 is 0. The van der Waals surface area contributed by atoms with Gasteiger partial charge in [-0.1, -0.05) is 54.7 Å². The molecule has 6 radical (unpaired) electrons. The molecular weight excluding hydrogens is 399 g/mol. The summed E-state index contributed by atoms with van der Waals surface area (Å²) in [5.74, 6) is 0.736. The number of anilines is 1. The maximum Gasteiger partial charge on any atom is 0.114 e. The third kappa shape index (κ3) is 5.66. The minimum Gasteiger partial charge on any atom is -0.371 e. The van der Waals surface area contributed by atoms with Crippen LogP contribution in [0.3, 0.4) is 0 Å². The molecule has 2 aromatic carbocycles. The minimum atomic E-state index is -0.438. The van der Waals surface area contributed by atoms with Crippen molar-refractivity contribution in [2.24, 2.45) is 5.92 Å². The number of aromatic nitrogens is 1. The summed E-state index contributed by atoms with van der Waals surface area (Å²) in [6, 6.07) is 15.2. The van der Waals surface area contributed by atoms with E-state index in [-0.39, 0.29) is 0 Å². The van der Waals surface area contributed by atoms with Gasteiger partial charge in [-0.2, -0.15) is 0 Å². The summed E-state index contributed by atoms with van der Waals surface area (Å²) in [5.41, 5.74) is 6.91. The first-order valence-electron chi connectivity index (χ1n) is 12.2. The summed E-state index contributed by atoms with van der Waals surface area (Å²) in [4.78, 5) is 7.56. The second-order valence-corrected chi connectivity index (χ2v) is 9.38. The highest BCUT2D eigenvalue weighted by atomic mass is 15.2. The van der Waals surface area contributed by atoms with Crippen molar-refractivity contribution in [1.82, 2.24) is 10.3 Å². The smallest absolute Gasteiger partial charge is 0.114 e. The Morgan fingerprint density at radius 2 is 1.94 bits per heavy atom. The van der Waals surface area contributed by atoms with Gasteiger partial charge >= 0.3 is 0 Å². The predicted molar refractivity (Wildman–Crippen MR) is 144 cm³/mol. The molecule has 2 heterocycles. The quantitative estimate of drug-likeness (QED) is 0.414. The number of benzene rings is 2. The number of fused-ring (bicyclic) bond motifs is 1. The van der Waals surface area contributed by atoms with Gasteiger partial charge in [-0.05, 0) is 62.9 Å². The fourth-order valence-electron chi connectivity index (χ4n) is 4.85. The molecule has 1 fully saturated rings. The molecule has 3 nitrogen and oxygen atoms in total. The maximum atomic E-state index is 6.41. The molecule has 1 aromatic heterocycles. The van der Waals surface area contributed by atoms with E-state index in [1.165, 1.54) is 24.1 Å². The summed E-state index contributed by atoms with van der Waals surface area (Å²) in [6.45, 7) is 5.46. The zero-order valence-electron chi connectivity index (χ0n) is 20.0. The van der Waals surface area contributed by atoms with E-state index in [0.29, 0.717) is 6.42 Å². The zero-order valence-corrected chi connectivity index (χ0v) is 20.0. The topological polar surface area (TPSA) is 28.2 Å². The molecule has 0 aliphatic carbocycles. The van der Waals surface area contributed by atoms with E-state index >= 15 is 0 Å². The molecule has 1 unspecified atom stereocenters. The fourth-order valence-corrected chi connectivity index (χ4v) is 4.85. The highest BCUT2D eigenvalue weighted by Gasteiger charge is 2.24. The molecule has 0 spiro atoms. The van der Waals surface area contributed by atoms with Crippen LogP contribution in [0.25, 0.3) is 22.2 Å². The first kappa shape index (κ1) is 23.9. The normalized spacial score (nSPS) is 16.2. The van der Waals surface area contributed by atoms with Crippen LogP contribution < -0.4 is 15.7 Å². The van der Waals surface area contributed by atoms with E-state index in [0.717, 1.165) is 71.6 Å². The number of hydrogen-bond donors (Lipinski definition) is 1. The number of aryl methyl sites for hydroxylation is 1. The lowest BCUT2D eigenvalue weighted by Crippen LogP contribution is -2.21.